The molecule has 0 amide bonds. The smallest absolute Gasteiger partial charge is 0.0678 e. The van der Waals surface area contributed by atoms with Crippen molar-refractivity contribution in [2.45, 2.75) is 32.3 Å². The highest BCUT2D eigenvalue weighted by Gasteiger charge is 2.26. The van der Waals surface area contributed by atoms with Gasteiger partial charge in [0.25, 0.3) is 0 Å². The molecule has 0 bridgehead atoms. The summed E-state index contributed by atoms with van der Waals surface area (Å²) < 4.78 is 5.63. The van der Waals surface area contributed by atoms with Crippen LogP contribution in [-0.4, -0.2) is 25.3 Å². The molecule has 1 N–H and O–H groups in total. The van der Waals surface area contributed by atoms with Crippen LogP contribution in [0.2, 0.25) is 0 Å². The molecule has 3 heteroatoms. The summed E-state index contributed by atoms with van der Waals surface area (Å²) in [4.78, 5) is 0. The van der Waals surface area contributed by atoms with E-state index in [1.54, 1.807) is 0 Å². The zero-order chi connectivity index (χ0) is 7.45. The van der Waals surface area contributed by atoms with Crippen LogP contribution in [0.4, 0.5) is 0 Å². The Kier molecular flexibility index (Phi) is 5.06. The number of hydrogen-bond acceptors (Lipinski definition) is 2. The van der Waals surface area contributed by atoms with E-state index in [9.17, 15) is 0 Å². The number of ether oxygens (including phenoxy) is 1. The normalized spacial score (nSPS) is 22.4. The molecule has 0 radical (unpaired) electrons. The summed E-state index contributed by atoms with van der Waals surface area (Å²) >= 11 is 0. The van der Waals surface area contributed by atoms with Gasteiger partial charge in [-0.15, -0.1) is 12.4 Å². The number of rotatable bonds is 2. The average molecular weight is 180 g/mol. The summed E-state index contributed by atoms with van der Waals surface area (Å²) in [5.41, 5.74) is 0.167. The fourth-order valence-corrected chi connectivity index (χ4v) is 1.45. The number of halogens is 1. The van der Waals surface area contributed by atoms with E-state index in [0.717, 1.165) is 32.5 Å². The first-order valence-electron chi connectivity index (χ1n) is 4.11. The van der Waals surface area contributed by atoms with Crippen LogP contribution in [0.25, 0.3) is 0 Å². The summed E-state index contributed by atoms with van der Waals surface area (Å²) in [5.74, 6) is 0. The maximum atomic E-state index is 5.63. The van der Waals surface area contributed by atoms with Gasteiger partial charge in [-0.05, 0) is 39.8 Å². The van der Waals surface area contributed by atoms with Gasteiger partial charge in [-0.25, -0.2) is 0 Å². The monoisotopic (exact) mass is 179 g/mol. The first kappa shape index (κ1) is 11.2. The second-order valence-electron chi connectivity index (χ2n) is 3.13. The van der Waals surface area contributed by atoms with Crippen molar-refractivity contribution in [3.63, 3.8) is 0 Å². The highest BCUT2D eigenvalue weighted by molar-refractivity contribution is 5.85. The SMILES string of the molecule is CCOC1(C)CCNCC1.Cl. The van der Waals surface area contributed by atoms with Crippen molar-refractivity contribution in [3.8, 4) is 0 Å². The molecule has 0 aliphatic carbocycles. The molecule has 1 rings (SSSR count). The van der Waals surface area contributed by atoms with Gasteiger partial charge in [-0.3, -0.25) is 0 Å². The Hall–Kier alpha value is 0.210. The van der Waals surface area contributed by atoms with Crippen molar-refractivity contribution in [1.82, 2.24) is 5.32 Å². The summed E-state index contributed by atoms with van der Waals surface area (Å²) in [6.07, 6.45) is 2.31. The highest BCUT2D eigenvalue weighted by Crippen LogP contribution is 2.21. The highest BCUT2D eigenvalue weighted by atomic mass is 35.5. The molecular weight excluding hydrogens is 162 g/mol. The van der Waals surface area contributed by atoms with Crippen LogP contribution in [0.1, 0.15) is 26.7 Å². The van der Waals surface area contributed by atoms with Gasteiger partial charge in [0.15, 0.2) is 0 Å². The van der Waals surface area contributed by atoms with Crippen LogP contribution in [0.5, 0.6) is 0 Å². The largest absolute Gasteiger partial charge is 0.375 e. The molecule has 2 nitrogen and oxygen atoms in total. The molecule has 68 valence electrons. The quantitative estimate of drug-likeness (QED) is 0.695. The van der Waals surface area contributed by atoms with Crippen molar-refractivity contribution in [1.29, 1.82) is 0 Å². The van der Waals surface area contributed by atoms with E-state index in [2.05, 4.69) is 19.2 Å². The van der Waals surface area contributed by atoms with E-state index >= 15 is 0 Å². The van der Waals surface area contributed by atoms with Crippen molar-refractivity contribution in [3.05, 3.63) is 0 Å². The Labute approximate surface area is 75.1 Å². The predicted molar refractivity (Wildman–Crippen MR) is 49.4 cm³/mol. The molecule has 0 aromatic heterocycles. The zero-order valence-electron chi connectivity index (χ0n) is 7.35. The van der Waals surface area contributed by atoms with Gasteiger partial charge in [0.2, 0.25) is 0 Å². The number of hydrogen-bond donors (Lipinski definition) is 1. The molecule has 0 aromatic carbocycles. The van der Waals surface area contributed by atoms with E-state index < -0.39 is 0 Å². The van der Waals surface area contributed by atoms with Crippen LogP contribution in [0.15, 0.2) is 0 Å². The Morgan fingerprint density at radius 3 is 2.36 bits per heavy atom. The summed E-state index contributed by atoms with van der Waals surface area (Å²) in [6.45, 7) is 7.33. The van der Waals surface area contributed by atoms with Crippen molar-refractivity contribution in [2.75, 3.05) is 19.7 Å². The fourth-order valence-electron chi connectivity index (χ4n) is 1.45. The molecule has 0 atom stereocenters. The molecule has 0 unspecified atom stereocenters. The van der Waals surface area contributed by atoms with Crippen LogP contribution in [-0.2, 0) is 4.74 Å². The van der Waals surface area contributed by atoms with Gasteiger partial charge in [0.05, 0.1) is 5.60 Å². The molecule has 1 fully saturated rings. The zero-order valence-corrected chi connectivity index (χ0v) is 8.17. The topological polar surface area (TPSA) is 21.3 Å². The lowest BCUT2D eigenvalue weighted by Gasteiger charge is -2.33. The Morgan fingerprint density at radius 2 is 1.91 bits per heavy atom. The summed E-state index contributed by atoms with van der Waals surface area (Å²) in [6, 6.07) is 0. The minimum Gasteiger partial charge on any atom is -0.375 e. The van der Waals surface area contributed by atoms with Crippen molar-refractivity contribution < 1.29 is 4.74 Å². The van der Waals surface area contributed by atoms with Crippen molar-refractivity contribution in [2.24, 2.45) is 0 Å². The first-order chi connectivity index (χ1) is 4.77. The van der Waals surface area contributed by atoms with Crippen molar-refractivity contribution >= 4 is 12.4 Å². The van der Waals surface area contributed by atoms with E-state index in [1.807, 2.05) is 0 Å². The summed E-state index contributed by atoms with van der Waals surface area (Å²) in [7, 11) is 0. The summed E-state index contributed by atoms with van der Waals surface area (Å²) in [5, 5.41) is 3.32. The molecular formula is C8H18ClNO. The maximum Gasteiger partial charge on any atom is 0.0678 e. The van der Waals surface area contributed by atoms with E-state index in [-0.39, 0.29) is 18.0 Å². The van der Waals surface area contributed by atoms with Gasteiger partial charge >= 0.3 is 0 Å². The maximum absolute atomic E-state index is 5.63. The third kappa shape index (κ3) is 3.41. The van der Waals surface area contributed by atoms with Gasteiger partial charge < -0.3 is 10.1 Å². The minimum atomic E-state index is 0. The number of nitrogens with one attached hydrogen (secondary N) is 1. The fraction of sp³-hybridized carbons (Fsp3) is 1.00. The lowest BCUT2D eigenvalue weighted by Crippen LogP contribution is -2.41. The first-order valence-corrected chi connectivity index (χ1v) is 4.11. The van der Waals surface area contributed by atoms with Gasteiger partial charge in [0, 0.05) is 6.61 Å². The molecule has 0 spiro atoms. The lowest BCUT2D eigenvalue weighted by atomic mass is 9.95. The molecule has 1 aliphatic heterocycles. The molecule has 1 heterocycles. The standard InChI is InChI=1S/C8H17NO.ClH/c1-3-10-8(2)4-6-9-7-5-8;/h9H,3-7H2,1-2H3;1H. The molecule has 1 saturated heterocycles. The van der Waals surface area contributed by atoms with E-state index in [0.29, 0.717) is 0 Å². The second kappa shape index (κ2) is 4.96. The van der Waals surface area contributed by atoms with Crippen LogP contribution in [0, 0.1) is 0 Å². The van der Waals surface area contributed by atoms with E-state index in [4.69, 9.17) is 4.74 Å². The van der Waals surface area contributed by atoms with Crippen LogP contribution < -0.4 is 5.32 Å². The van der Waals surface area contributed by atoms with E-state index in [1.165, 1.54) is 0 Å². The van der Waals surface area contributed by atoms with Gasteiger partial charge in [-0.1, -0.05) is 0 Å². The third-order valence-electron chi connectivity index (χ3n) is 2.15. The molecule has 11 heavy (non-hydrogen) atoms. The third-order valence-corrected chi connectivity index (χ3v) is 2.15. The Morgan fingerprint density at radius 1 is 1.36 bits per heavy atom. The predicted octanol–water partition coefficient (Wildman–Crippen LogP) is 1.59. The Bertz CT molecular complexity index is 96.8. The Balaban J connectivity index is 0.000001000. The molecule has 1 aliphatic rings. The van der Waals surface area contributed by atoms with Gasteiger partial charge in [-0.2, -0.15) is 0 Å². The van der Waals surface area contributed by atoms with Crippen LogP contribution in [0.3, 0.4) is 0 Å². The van der Waals surface area contributed by atoms with Crippen LogP contribution >= 0.6 is 12.4 Å². The molecule has 0 aromatic rings. The molecule has 0 saturated carbocycles. The number of piperidine rings is 1. The van der Waals surface area contributed by atoms with Gasteiger partial charge in [0.1, 0.15) is 0 Å². The second-order valence-corrected chi connectivity index (χ2v) is 3.13. The minimum absolute atomic E-state index is 0. The average Bonchev–Trinajstić information content (AvgIpc) is 1.89. The lowest BCUT2D eigenvalue weighted by molar-refractivity contribution is -0.0452.